The van der Waals surface area contributed by atoms with Crippen LogP contribution in [0.25, 0.3) is 0 Å². The number of amides is 1. The Morgan fingerprint density at radius 2 is 2.26 bits per heavy atom. The highest BCUT2D eigenvalue weighted by Gasteiger charge is 2.17. The molecule has 0 aliphatic heterocycles. The molecule has 0 aliphatic carbocycles. The number of aromatic amines is 1. The first-order chi connectivity index (χ1) is 9.02. The minimum Gasteiger partial charge on any atom is -0.476 e. The molecule has 3 N–H and O–H groups in total. The van der Waals surface area contributed by atoms with Gasteiger partial charge in [0.05, 0.1) is 16.8 Å². The first-order valence-corrected chi connectivity index (χ1v) is 6.52. The number of carbonyl (C=O) groups is 2. The van der Waals surface area contributed by atoms with Crippen molar-refractivity contribution in [3.05, 3.63) is 33.3 Å². The highest BCUT2D eigenvalue weighted by Crippen LogP contribution is 2.23. The number of thiophene rings is 1. The Balaban J connectivity index is 2.20. The molecule has 2 rings (SSSR count). The Hall–Kier alpha value is -2.15. The molecule has 0 bridgehead atoms. The minimum absolute atomic E-state index is 0.127. The molecule has 19 heavy (non-hydrogen) atoms. The maximum absolute atomic E-state index is 12.0. The van der Waals surface area contributed by atoms with E-state index in [1.54, 1.807) is 0 Å². The number of aryl methyl sites for hydroxylation is 2. The van der Waals surface area contributed by atoms with Gasteiger partial charge < -0.3 is 10.4 Å². The number of nitrogens with zero attached hydrogens (tertiary/aromatic N) is 1. The van der Waals surface area contributed by atoms with Crippen molar-refractivity contribution in [3.63, 3.8) is 0 Å². The molecule has 0 aliphatic rings. The van der Waals surface area contributed by atoms with Crippen molar-refractivity contribution in [3.8, 4) is 0 Å². The Bertz CT molecular complexity index is 630. The van der Waals surface area contributed by atoms with Gasteiger partial charge in [-0.2, -0.15) is 5.10 Å². The molecule has 2 heterocycles. The van der Waals surface area contributed by atoms with Gasteiger partial charge in [-0.1, -0.05) is 6.92 Å². The van der Waals surface area contributed by atoms with Gasteiger partial charge in [-0.15, -0.1) is 11.3 Å². The van der Waals surface area contributed by atoms with E-state index in [2.05, 4.69) is 15.5 Å². The maximum Gasteiger partial charge on any atom is 0.356 e. The predicted octanol–water partition coefficient (Wildman–Crippen LogP) is 2.29. The summed E-state index contributed by atoms with van der Waals surface area (Å²) in [5.41, 5.74) is 1.17. The molecule has 0 atom stereocenters. The van der Waals surface area contributed by atoms with Crippen molar-refractivity contribution >= 4 is 28.9 Å². The summed E-state index contributed by atoms with van der Waals surface area (Å²) in [4.78, 5) is 24.6. The van der Waals surface area contributed by atoms with Crippen LogP contribution in [0.2, 0.25) is 0 Å². The summed E-state index contributed by atoms with van der Waals surface area (Å²) in [7, 11) is 0. The van der Waals surface area contributed by atoms with Crippen LogP contribution in [0.15, 0.2) is 12.3 Å². The molecular weight excluding hydrogens is 266 g/mol. The SMILES string of the molecule is CCc1cc(C(=O)Nc2cn[nH]c2C(=O)O)sc1C. The Morgan fingerprint density at radius 1 is 1.53 bits per heavy atom. The first-order valence-electron chi connectivity index (χ1n) is 5.70. The number of carboxylic acids is 1. The lowest BCUT2D eigenvalue weighted by Crippen LogP contribution is -2.12. The third-order valence-corrected chi connectivity index (χ3v) is 3.82. The summed E-state index contributed by atoms with van der Waals surface area (Å²) in [5.74, 6) is -1.49. The normalized spacial score (nSPS) is 10.4. The van der Waals surface area contributed by atoms with Crippen LogP contribution in [-0.4, -0.2) is 27.2 Å². The van der Waals surface area contributed by atoms with Crippen LogP contribution < -0.4 is 5.32 Å². The monoisotopic (exact) mass is 279 g/mol. The van der Waals surface area contributed by atoms with Crippen LogP contribution in [0.1, 0.15) is 37.5 Å². The fraction of sp³-hybridized carbons (Fsp3) is 0.250. The molecule has 0 aromatic carbocycles. The number of nitrogens with one attached hydrogen (secondary N) is 2. The van der Waals surface area contributed by atoms with E-state index in [9.17, 15) is 9.59 Å². The van der Waals surface area contributed by atoms with Gasteiger partial charge >= 0.3 is 5.97 Å². The fourth-order valence-corrected chi connectivity index (χ4v) is 2.72. The van der Waals surface area contributed by atoms with Crippen LogP contribution in [0.5, 0.6) is 0 Å². The van der Waals surface area contributed by atoms with Crippen LogP contribution >= 0.6 is 11.3 Å². The van der Waals surface area contributed by atoms with Gasteiger partial charge in [0, 0.05) is 4.88 Å². The lowest BCUT2D eigenvalue weighted by Gasteiger charge is -2.01. The third kappa shape index (κ3) is 2.65. The summed E-state index contributed by atoms with van der Waals surface area (Å²) in [6.07, 6.45) is 2.14. The van der Waals surface area contributed by atoms with Gasteiger partial charge in [0.1, 0.15) is 0 Å². The van der Waals surface area contributed by atoms with Crippen molar-refractivity contribution < 1.29 is 14.7 Å². The zero-order valence-electron chi connectivity index (χ0n) is 10.5. The van der Waals surface area contributed by atoms with Gasteiger partial charge in [-0.05, 0) is 25.0 Å². The van der Waals surface area contributed by atoms with Crippen LogP contribution in [0, 0.1) is 6.92 Å². The van der Waals surface area contributed by atoms with Crippen LogP contribution in [0.4, 0.5) is 5.69 Å². The molecule has 6 nitrogen and oxygen atoms in total. The quantitative estimate of drug-likeness (QED) is 0.800. The number of hydrogen-bond donors (Lipinski definition) is 3. The summed E-state index contributed by atoms with van der Waals surface area (Å²) >= 11 is 1.39. The predicted molar refractivity (Wildman–Crippen MR) is 71.9 cm³/mol. The molecule has 2 aromatic rings. The van der Waals surface area contributed by atoms with E-state index in [0.29, 0.717) is 4.88 Å². The standard InChI is InChI=1S/C12H13N3O3S/c1-3-7-4-9(19-6(7)2)11(16)14-8-5-13-15-10(8)12(17)18/h4-5H,3H2,1-2H3,(H,13,15)(H,14,16)(H,17,18). The number of carbonyl (C=O) groups excluding carboxylic acids is 1. The van der Waals surface area contributed by atoms with E-state index < -0.39 is 5.97 Å². The van der Waals surface area contributed by atoms with Gasteiger partial charge in [0.15, 0.2) is 5.69 Å². The number of aromatic carboxylic acids is 1. The Kier molecular flexibility index (Phi) is 3.66. The zero-order valence-corrected chi connectivity index (χ0v) is 11.3. The molecule has 0 saturated carbocycles. The lowest BCUT2D eigenvalue weighted by atomic mass is 10.2. The second-order valence-electron chi connectivity index (χ2n) is 3.96. The largest absolute Gasteiger partial charge is 0.476 e. The zero-order chi connectivity index (χ0) is 14.0. The number of rotatable bonds is 4. The average molecular weight is 279 g/mol. The Morgan fingerprint density at radius 3 is 2.84 bits per heavy atom. The second kappa shape index (κ2) is 5.23. The van der Waals surface area contributed by atoms with Gasteiger partial charge in [-0.25, -0.2) is 4.79 Å². The number of anilines is 1. The topological polar surface area (TPSA) is 95.1 Å². The molecule has 0 fully saturated rings. The molecule has 0 unspecified atom stereocenters. The van der Waals surface area contributed by atoms with Crippen LogP contribution in [0.3, 0.4) is 0 Å². The van der Waals surface area contributed by atoms with Crippen molar-refractivity contribution in [2.75, 3.05) is 5.32 Å². The molecule has 0 saturated heterocycles. The fourth-order valence-electron chi connectivity index (χ4n) is 1.71. The van der Waals surface area contributed by atoms with E-state index >= 15 is 0 Å². The van der Waals surface area contributed by atoms with Crippen molar-refractivity contribution in [1.82, 2.24) is 10.2 Å². The Labute approximate surface area is 113 Å². The summed E-state index contributed by atoms with van der Waals surface area (Å²) in [6, 6.07) is 1.83. The molecule has 7 heteroatoms. The average Bonchev–Trinajstić information content (AvgIpc) is 2.95. The van der Waals surface area contributed by atoms with E-state index in [-0.39, 0.29) is 17.3 Å². The lowest BCUT2D eigenvalue weighted by molar-refractivity contribution is 0.0691. The first kappa shape index (κ1) is 13.3. The van der Waals surface area contributed by atoms with Gasteiger partial charge in [0.25, 0.3) is 5.91 Å². The second-order valence-corrected chi connectivity index (χ2v) is 5.22. The number of hydrogen-bond acceptors (Lipinski definition) is 4. The van der Waals surface area contributed by atoms with E-state index in [0.717, 1.165) is 16.9 Å². The van der Waals surface area contributed by atoms with Gasteiger partial charge in [-0.3, -0.25) is 9.89 Å². The summed E-state index contributed by atoms with van der Waals surface area (Å²) in [5, 5.41) is 17.4. The molecule has 1 amide bonds. The molecule has 2 aromatic heterocycles. The van der Waals surface area contributed by atoms with Crippen molar-refractivity contribution in [1.29, 1.82) is 0 Å². The van der Waals surface area contributed by atoms with Crippen molar-refractivity contribution in [2.45, 2.75) is 20.3 Å². The molecule has 0 radical (unpaired) electrons. The van der Waals surface area contributed by atoms with Crippen molar-refractivity contribution in [2.24, 2.45) is 0 Å². The smallest absolute Gasteiger partial charge is 0.356 e. The number of aromatic nitrogens is 2. The number of H-pyrrole nitrogens is 1. The van der Waals surface area contributed by atoms with E-state index in [1.165, 1.54) is 17.5 Å². The maximum atomic E-state index is 12.0. The summed E-state index contributed by atoms with van der Waals surface area (Å²) in [6.45, 7) is 3.98. The number of carboxylic acid groups (broad SMARTS) is 1. The molecule has 100 valence electrons. The van der Waals surface area contributed by atoms with E-state index in [1.807, 2.05) is 19.9 Å². The van der Waals surface area contributed by atoms with Gasteiger partial charge in [0.2, 0.25) is 0 Å². The highest BCUT2D eigenvalue weighted by molar-refractivity contribution is 7.14. The summed E-state index contributed by atoms with van der Waals surface area (Å²) < 4.78 is 0. The van der Waals surface area contributed by atoms with Crippen LogP contribution in [-0.2, 0) is 6.42 Å². The highest BCUT2D eigenvalue weighted by atomic mass is 32.1. The third-order valence-electron chi connectivity index (χ3n) is 2.73. The van der Waals surface area contributed by atoms with E-state index in [4.69, 9.17) is 5.11 Å². The minimum atomic E-state index is -1.16. The molecule has 0 spiro atoms. The molecular formula is C12H13N3O3S.